The average molecular weight is 354 g/mol. The quantitative estimate of drug-likeness (QED) is 0.638. The van der Waals surface area contributed by atoms with E-state index in [1.807, 2.05) is 12.1 Å². The Bertz CT molecular complexity index is 972. The first kappa shape index (κ1) is 16.0. The van der Waals surface area contributed by atoms with Crippen LogP contribution < -0.4 is 10.4 Å². The highest BCUT2D eigenvalue weighted by Gasteiger charge is 2.36. The molecule has 2 aromatic carbocycles. The lowest BCUT2D eigenvalue weighted by Crippen LogP contribution is -2.34. The molecule has 0 saturated heterocycles. The average Bonchev–Trinajstić information content (AvgIpc) is 3.37. The molecule has 1 atom stereocenters. The molecule has 3 heteroatoms. The van der Waals surface area contributed by atoms with Gasteiger partial charge in [0.1, 0.15) is 5.76 Å². The minimum absolute atomic E-state index is 0.212. The summed E-state index contributed by atoms with van der Waals surface area (Å²) in [7, 11) is 0. The minimum Gasteiger partial charge on any atom is -0.465 e. The molecular formula is C24H22N2O. The van der Waals surface area contributed by atoms with Crippen LogP contribution in [0.3, 0.4) is 0 Å². The third-order valence-corrected chi connectivity index (χ3v) is 5.36. The van der Waals surface area contributed by atoms with Crippen LogP contribution in [0.4, 0.5) is 5.69 Å². The summed E-state index contributed by atoms with van der Waals surface area (Å²) in [5.41, 5.74) is 10.3. The number of allylic oxidation sites excluding steroid dienone is 1. The van der Waals surface area contributed by atoms with Crippen LogP contribution in [0, 0.1) is 0 Å². The lowest BCUT2D eigenvalue weighted by atomic mass is 9.86. The molecule has 0 fully saturated rings. The SMILES string of the molecule is C(=C1/CCCC2=C1NN(c1ccccc1)[C@@H]2c1ccccc1)/c1ccco1. The van der Waals surface area contributed by atoms with Gasteiger partial charge in [0.2, 0.25) is 0 Å². The summed E-state index contributed by atoms with van der Waals surface area (Å²) in [6, 6.07) is 25.5. The number of hydrogen-bond acceptors (Lipinski definition) is 3. The van der Waals surface area contributed by atoms with Gasteiger partial charge < -0.3 is 4.42 Å². The Morgan fingerprint density at radius 3 is 2.41 bits per heavy atom. The third-order valence-electron chi connectivity index (χ3n) is 5.36. The maximum absolute atomic E-state index is 5.57. The molecule has 1 N–H and O–H groups in total. The fourth-order valence-electron chi connectivity index (χ4n) is 4.16. The molecule has 2 aliphatic rings. The summed E-state index contributed by atoms with van der Waals surface area (Å²) in [5, 5.41) is 2.31. The van der Waals surface area contributed by atoms with Crippen molar-refractivity contribution < 1.29 is 4.42 Å². The van der Waals surface area contributed by atoms with Gasteiger partial charge in [-0.25, -0.2) is 0 Å². The van der Waals surface area contributed by atoms with Gasteiger partial charge in [-0.05, 0) is 66.3 Å². The number of nitrogens with zero attached hydrogens (tertiary/aromatic N) is 1. The number of hydrogen-bond donors (Lipinski definition) is 1. The predicted molar refractivity (Wildman–Crippen MR) is 109 cm³/mol. The first-order chi connectivity index (χ1) is 13.4. The first-order valence-electron chi connectivity index (χ1n) is 9.53. The molecule has 5 rings (SSSR count). The predicted octanol–water partition coefficient (Wildman–Crippen LogP) is 5.87. The van der Waals surface area contributed by atoms with Gasteiger partial charge in [-0.3, -0.25) is 10.4 Å². The lowest BCUT2D eigenvalue weighted by molar-refractivity contribution is 0.556. The van der Waals surface area contributed by atoms with Crippen LogP contribution >= 0.6 is 0 Å². The van der Waals surface area contributed by atoms with Crippen LogP contribution in [-0.4, -0.2) is 0 Å². The van der Waals surface area contributed by atoms with Gasteiger partial charge in [-0.1, -0.05) is 48.5 Å². The largest absolute Gasteiger partial charge is 0.465 e. The molecule has 3 aromatic rings. The molecule has 0 radical (unpaired) electrons. The Morgan fingerprint density at radius 2 is 1.67 bits per heavy atom. The van der Waals surface area contributed by atoms with Crippen LogP contribution in [-0.2, 0) is 0 Å². The van der Waals surface area contributed by atoms with Crippen molar-refractivity contribution in [3.8, 4) is 0 Å². The molecule has 134 valence electrons. The van der Waals surface area contributed by atoms with E-state index >= 15 is 0 Å². The maximum Gasteiger partial charge on any atom is 0.126 e. The van der Waals surface area contributed by atoms with Crippen LogP contribution in [0.1, 0.15) is 36.6 Å². The van der Waals surface area contributed by atoms with E-state index in [0.717, 1.165) is 18.6 Å². The second kappa shape index (κ2) is 6.84. The Kier molecular flexibility index (Phi) is 4.06. The van der Waals surface area contributed by atoms with Crippen molar-refractivity contribution in [1.29, 1.82) is 0 Å². The lowest BCUT2D eigenvalue weighted by Gasteiger charge is -2.29. The van der Waals surface area contributed by atoms with E-state index in [4.69, 9.17) is 4.42 Å². The first-order valence-corrected chi connectivity index (χ1v) is 9.53. The summed E-state index contributed by atoms with van der Waals surface area (Å²) >= 11 is 0. The molecule has 1 aromatic heterocycles. The Hall–Kier alpha value is -3.20. The number of furan rings is 1. The van der Waals surface area contributed by atoms with Gasteiger partial charge in [0, 0.05) is 0 Å². The molecule has 1 aliphatic heterocycles. The zero-order chi connectivity index (χ0) is 18.1. The smallest absolute Gasteiger partial charge is 0.126 e. The van der Waals surface area contributed by atoms with Crippen LogP contribution in [0.5, 0.6) is 0 Å². The van der Waals surface area contributed by atoms with Crippen molar-refractivity contribution in [3.63, 3.8) is 0 Å². The standard InChI is InChI=1S/C24H22N2O/c1-3-9-18(10-4-1)24-22-15-7-11-19(17-21-14-8-16-27-21)23(22)25-26(24)20-12-5-2-6-13-20/h1-6,8-10,12-14,16-17,24-25H,7,11,15H2/b19-17+/t24-/m1/s1. The van der Waals surface area contributed by atoms with Crippen molar-refractivity contribution in [1.82, 2.24) is 5.43 Å². The summed E-state index contributed by atoms with van der Waals surface area (Å²) in [5.74, 6) is 0.912. The molecule has 3 nitrogen and oxygen atoms in total. The maximum atomic E-state index is 5.57. The highest BCUT2D eigenvalue weighted by molar-refractivity contribution is 5.63. The van der Waals surface area contributed by atoms with Gasteiger partial charge in [0.05, 0.1) is 23.7 Å². The number of para-hydroxylation sites is 1. The Balaban J connectivity index is 1.61. The van der Waals surface area contributed by atoms with Crippen LogP contribution in [0.15, 0.2) is 100 Å². The fraction of sp³-hybridized carbons (Fsp3) is 0.167. The molecule has 0 unspecified atom stereocenters. The van der Waals surface area contributed by atoms with Crippen molar-refractivity contribution in [2.75, 3.05) is 5.01 Å². The molecule has 0 spiro atoms. The molecule has 2 heterocycles. The van der Waals surface area contributed by atoms with Gasteiger partial charge in [0.25, 0.3) is 0 Å². The van der Waals surface area contributed by atoms with E-state index in [-0.39, 0.29) is 6.04 Å². The zero-order valence-electron chi connectivity index (χ0n) is 15.1. The topological polar surface area (TPSA) is 28.4 Å². The zero-order valence-corrected chi connectivity index (χ0v) is 15.1. The summed E-state index contributed by atoms with van der Waals surface area (Å²) in [6.07, 6.45) is 7.25. The normalized spacial score (nSPS) is 20.7. The highest BCUT2D eigenvalue weighted by Crippen LogP contribution is 2.45. The molecule has 0 amide bonds. The van der Waals surface area contributed by atoms with E-state index in [0.29, 0.717) is 0 Å². The van der Waals surface area contributed by atoms with Gasteiger partial charge in [0.15, 0.2) is 0 Å². The molecule has 0 saturated carbocycles. The fourth-order valence-corrected chi connectivity index (χ4v) is 4.16. The van der Waals surface area contributed by atoms with E-state index in [1.54, 1.807) is 6.26 Å². The van der Waals surface area contributed by atoms with E-state index < -0.39 is 0 Å². The minimum atomic E-state index is 0.212. The molecule has 27 heavy (non-hydrogen) atoms. The van der Waals surface area contributed by atoms with E-state index in [9.17, 15) is 0 Å². The second-order valence-electron chi connectivity index (χ2n) is 7.07. The highest BCUT2D eigenvalue weighted by atomic mass is 16.3. The van der Waals surface area contributed by atoms with E-state index in [1.165, 1.54) is 34.5 Å². The van der Waals surface area contributed by atoms with Gasteiger partial charge in [-0.2, -0.15) is 0 Å². The monoisotopic (exact) mass is 354 g/mol. The Morgan fingerprint density at radius 1 is 0.889 bits per heavy atom. The molecule has 0 bridgehead atoms. The molecular weight excluding hydrogens is 332 g/mol. The summed E-state index contributed by atoms with van der Waals surface area (Å²) in [4.78, 5) is 0. The van der Waals surface area contributed by atoms with Crippen molar-refractivity contribution in [3.05, 3.63) is 107 Å². The third kappa shape index (κ3) is 2.95. The van der Waals surface area contributed by atoms with Crippen molar-refractivity contribution in [2.24, 2.45) is 0 Å². The van der Waals surface area contributed by atoms with Crippen molar-refractivity contribution in [2.45, 2.75) is 25.3 Å². The van der Waals surface area contributed by atoms with Gasteiger partial charge in [-0.15, -0.1) is 0 Å². The summed E-state index contributed by atoms with van der Waals surface area (Å²) in [6.45, 7) is 0. The summed E-state index contributed by atoms with van der Waals surface area (Å²) < 4.78 is 5.57. The number of hydrazine groups is 1. The van der Waals surface area contributed by atoms with Gasteiger partial charge >= 0.3 is 0 Å². The van der Waals surface area contributed by atoms with Crippen molar-refractivity contribution >= 4 is 11.8 Å². The van der Waals surface area contributed by atoms with Crippen LogP contribution in [0.2, 0.25) is 0 Å². The Labute approximate surface area is 159 Å². The number of benzene rings is 2. The second-order valence-corrected chi connectivity index (χ2v) is 7.07. The number of rotatable bonds is 3. The van der Waals surface area contributed by atoms with Crippen LogP contribution in [0.25, 0.3) is 6.08 Å². The van der Waals surface area contributed by atoms with E-state index in [2.05, 4.69) is 77.2 Å². The number of nitrogens with one attached hydrogen (secondary N) is 1. The molecule has 1 aliphatic carbocycles. The number of anilines is 1.